The van der Waals surface area contributed by atoms with E-state index in [1.165, 1.54) is 0 Å². The minimum absolute atomic E-state index is 0.268. The van der Waals surface area contributed by atoms with Gasteiger partial charge >= 0.3 is 0 Å². The highest BCUT2D eigenvalue weighted by Gasteiger charge is 2.16. The summed E-state index contributed by atoms with van der Waals surface area (Å²) in [4.78, 5) is 0. The minimum atomic E-state index is -0.268. The van der Waals surface area contributed by atoms with Gasteiger partial charge in [0.05, 0.1) is 0 Å². The van der Waals surface area contributed by atoms with Crippen LogP contribution in [-0.2, 0) is 0 Å². The maximum Gasteiger partial charge on any atom is 0.164 e. The van der Waals surface area contributed by atoms with Gasteiger partial charge in [-0.15, -0.1) is 0 Å². The van der Waals surface area contributed by atoms with Crippen LogP contribution < -0.4 is 0 Å². The maximum absolute atomic E-state index is 10.9. The molecule has 0 rings (SSSR count). The number of rotatable bonds is 1. The molecule has 0 heterocycles. The van der Waals surface area contributed by atoms with Gasteiger partial charge in [-0.2, -0.15) is 0 Å². The van der Waals surface area contributed by atoms with Gasteiger partial charge in [0.15, 0.2) is 11.8 Å². The summed E-state index contributed by atoms with van der Waals surface area (Å²) in [7, 11) is 0. The lowest BCUT2D eigenvalue weighted by Crippen LogP contribution is -2.28. The first-order valence-electron chi connectivity index (χ1n) is 3.28. The summed E-state index contributed by atoms with van der Waals surface area (Å²) < 4.78 is 0.993. The summed E-state index contributed by atoms with van der Waals surface area (Å²) in [5.74, 6) is 0. The minimum Gasteiger partial charge on any atom is -0.624 e. The zero-order valence-corrected chi connectivity index (χ0v) is 6.64. The summed E-state index contributed by atoms with van der Waals surface area (Å²) in [5.41, 5.74) is -0.268. The third-order valence-electron chi connectivity index (χ3n) is 1.01. The van der Waals surface area contributed by atoms with Crippen molar-refractivity contribution in [3.8, 4) is 0 Å². The molecule has 9 heavy (non-hydrogen) atoms. The summed E-state index contributed by atoms with van der Waals surface area (Å²) in [6.07, 6.45) is 2.46. The number of hydrogen-bond acceptors (Lipinski definition) is 1. The van der Waals surface area contributed by atoms with Crippen LogP contribution in [0.1, 0.15) is 34.1 Å². The molecule has 0 aromatic carbocycles. The molecule has 0 spiro atoms. The molecule has 2 heteroatoms. The van der Waals surface area contributed by atoms with Crippen LogP contribution in [0.2, 0.25) is 0 Å². The van der Waals surface area contributed by atoms with Crippen molar-refractivity contribution in [3.63, 3.8) is 0 Å². The Kier molecular flexibility index (Phi) is 2.68. The molecule has 2 nitrogen and oxygen atoms in total. The zero-order chi connectivity index (χ0) is 7.49. The van der Waals surface area contributed by atoms with E-state index < -0.39 is 0 Å². The molecule has 0 radical (unpaired) electrons. The highest BCUT2D eigenvalue weighted by atomic mass is 16.5. The van der Waals surface area contributed by atoms with Crippen LogP contribution in [-0.4, -0.2) is 16.5 Å². The first-order chi connectivity index (χ1) is 3.98. The maximum atomic E-state index is 10.9. The average molecular weight is 129 g/mol. The van der Waals surface area contributed by atoms with Gasteiger partial charge in [0.1, 0.15) is 0 Å². The largest absolute Gasteiger partial charge is 0.624 e. The van der Waals surface area contributed by atoms with E-state index in [1.54, 1.807) is 6.21 Å². The van der Waals surface area contributed by atoms with Gasteiger partial charge in [-0.3, -0.25) is 0 Å². The van der Waals surface area contributed by atoms with E-state index in [4.69, 9.17) is 0 Å². The Morgan fingerprint density at radius 3 is 2.00 bits per heavy atom. The van der Waals surface area contributed by atoms with Crippen molar-refractivity contribution in [2.75, 3.05) is 0 Å². The van der Waals surface area contributed by atoms with Gasteiger partial charge in [-0.05, 0) is 0 Å². The summed E-state index contributed by atoms with van der Waals surface area (Å²) >= 11 is 0. The molecule has 0 saturated carbocycles. The first kappa shape index (κ1) is 8.47. The number of nitrogens with zero attached hydrogens (tertiary/aromatic N) is 1. The van der Waals surface area contributed by atoms with Crippen LogP contribution in [0.15, 0.2) is 0 Å². The SMILES string of the molecule is CC/C=[N+](\[O-])C(C)(C)C. The molecule has 0 aliphatic heterocycles. The molecule has 54 valence electrons. The van der Waals surface area contributed by atoms with Crippen molar-refractivity contribution in [1.82, 2.24) is 0 Å². The van der Waals surface area contributed by atoms with Gasteiger partial charge in [-0.1, -0.05) is 6.92 Å². The summed E-state index contributed by atoms with van der Waals surface area (Å²) in [5, 5.41) is 10.9. The average Bonchev–Trinajstić information content (AvgIpc) is 1.64. The van der Waals surface area contributed by atoms with Gasteiger partial charge in [0, 0.05) is 27.2 Å². The van der Waals surface area contributed by atoms with Crippen LogP contribution in [0.3, 0.4) is 0 Å². The molecular formula is C7H15NO. The van der Waals surface area contributed by atoms with Crippen molar-refractivity contribution in [1.29, 1.82) is 0 Å². The second kappa shape index (κ2) is 2.85. The monoisotopic (exact) mass is 129 g/mol. The van der Waals surface area contributed by atoms with E-state index in [2.05, 4.69) is 0 Å². The fraction of sp³-hybridized carbons (Fsp3) is 0.857. The topological polar surface area (TPSA) is 26.1 Å². The molecule has 0 N–H and O–H groups in total. The van der Waals surface area contributed by atoms with Crippen molar-refractivity contribution in [2.24, 2.45) is 0 Å². The van der Waals surface area contributed by atoms with E-state index in [0.717, 1.165) is 11.2 Å². The lowest BCUT2D eigenvalue weighted by atomic mass is 10.1. The fourth-order valence-electron chi connectivity index (χ4n) is 0.440. The van der Waals surface area contributed by atoms with Gasteiger partial charge in [0.25, 0.3) is 0 Å². The van der Waals surface area contributed by atoms with E-state index in [0.29, 0.717) is 0 Å². The lowest BCUT2D eigenvalue weighted by Gasteiger charge is -2.18. The Balaban J connectivity index is 4.03. The van der Waals surface area contributed by atoms with Gasteiger partial charge in [-0.25, -0.2) is 4.74 Å². The Morgan fingerprint density at radius 1 is 1.44 bits per heavy atom. The molecule has 0 saturated heterocycles. The van der Waals surface area contributed by atoms with Crippen LogP contribution in [0.5, 0.6) is 0 Å². The molecule has 0 atom stereocenters. The van der Waals surface area contributed by atoms with Crippen molar-refractivity contribution in [2.45, 2.75) is 39.7 Å². The Hall–Kier alpha value is -0.530. The third-order valence-corrected chi connectivity index (χ3v) is 1.01. The standard InChI is InChI=1S/C7H15NO/c1-5-6-8(9)7(2,3)4/h6H,5H2,1-4H3/b8-6-. The normalized spacial score (nSPS) is 14.0. The van der Waals surface area contributed by atoms with Crippen molar-refractivity contribution in [3.05, 3.63) is 5.21 Å². The molecule has 0 fully saturated rings. The second-order valence-electron chi connectivity index (χ2n) is 3.09. The highest BCUT2D eigenvalue weighted by molar-refractivity contribution is 5.50. The fourth-order valence-corrected chi connectivity index (χ4v) is 0.440. The number of hydroxylamine groups is 1. The van der Waals surface area contributed by atoms with Crippen LogP contribution in [0.25, 0.3) is 0 Å². The molecule has 0 aromatic heterocycles. The second-order valence-corrected chi connectivity index (χ2v) is 3.09. The van der Waals surface area contributed by atoms with Gasteiger partial charge in [0.2, 0.25) is 0 Å². The summed E-state index contributed by atoms with van der Waals surface area (Å²) in [6.45, 7) is 7.64. The Morgan fingerprint density at radius 2 is 1.89 bits per heavy atom. The Bertz CT molecular complexity index is 111. The van der Waals surface area contributed by atoms with Gasteiger partial charge < -0.3 is 5.21 Å². The van der Waals surface area contributed by atoms with Crippen molar-refractivity contribution < 1.29 is 4.74 Å². The molecule has 0 aliphatic carbocycles. The van der Waals surface area contributed by atoms with Crippen LogP contribution in [0.4, 0.5) is 0 Å². The molecule has 0 unspecified atom stereocenters. The quantitative estimate of drug-likeness (QED) is 0.229. The zero-order valence-electron chi connectivity index (χ0n) is 6.64. The van der Waals surface area contributed by atoms with Crippen molar-refractivity contribution >= 4 is 6.21 Å². The van der Waals surface area contributed by atoms with E-state index >= 15 is 0 Å². The lowest BCUT2D eigenvalue weighted by molar-refractivity contribution is -0.531. The van der Waals surface area contributed by atoms with E-state index in [9.17, 15) is 5.21 Å². The predicted octanol–water partition coefficient (Wildman–Crippen LogP) is 1.78. The van der Waals surface area contributed by atoms with Crippen LogP contribution >= 0.6 is 0 Å². The molecule has 0 aromatic rings. The smallest absolute Gasteiger partial charge is 0.164 e. The van der Waals surface area contributed by atoms with Crippen LogP contribution in [0, 0.1) is 5.21 Å². The summed E-state index contributed by atoms with van der Waals surface area (Å²) in [6, 6.07) is 0. The molecular weight excluding hydrogens is 114 g/mol. The Labute approximate surface area is 56.8 Å². The highest BCUT2D eigenvalue weighted by Crippen LogP contribution is 2.03. The number of hydrogen-bond donors (Lipinski definition) is 0. The van der Waals surface area contributed by atoms with E-state index in [1.807, 2.05) is 27.7 Å². The first-order valence-corrected chi connectivity index (χ1v) is 3.28. The van der Waals surface area contributed by atoms with E-state index in [-0.39, 0.29) is 5.54 Å². The molecule has 0 amide bonds. The predicted molar refractivity (Wildman–Crippen MR) is 39.7 cm³/mol. The third kappa shape index (κ3) is 3.12. The molecule has 0 aliphatic rings. The molecule has 0 bridgehead atoms.